The Bertz CT molecular complexity index is 1040. The molecule has 1 radical (unpaired) electrons. The summed E-state index contributed by atoms with van der Waals surface area (Å²) in [6.07, 6.45) is -2.63. The van der Waals surface area contributed by atoms with Crippen LogP contribution in [0.25, 0.3) is 0 Å². The molecule has 10 atom stereocenters. The van der Waals surface area contributed by atoms with Crippen molar-refractivity contribution in [2.75, 3.05) is 20.8 Å². The van der Waals surface area contributed by atoms with E-state index in [0.29, 0.717) is 17.6 Å². The van der Waals surface area contributed by atoms with Crippen molar-refractivity contribution in [3.05, 3.63) is 11.1 Å². The van der Waals surface area contributed by atoms with E-state index in [1.807, 2.05) is 27.7 Å². The molecule has 38 heavy (non-hydrogen) atoms. The number of fused-ring (bicyclic) bond motifs is 5. The first-order valence-electron chi connectivity index (χ1n) is 13.1. The van der Waals surface area contributed by atoms with Crippen LogP contribution in [-0.2, 0) is 33.3 Å². The number of Topliss-reactive ketones (excluding diaryl/α,β-unsaturated/α-hetero) is 2. The molecule has 2 saturated carbocycles. The van der Waals surface area contributed by atoms with Gasteiger partial charge in [-0.1, -0.05) is 20.8 Å². The number of hydrogen-bond acceptors (Lipinski definition) is 9. The van der Waals surface area contributed by atoms with Gasteiger partial charge in [-0.15, -0.1) is 0 Å². The summed E-state index contributed by atoms with van der Waals surface area (Å²) in [4.78, 5) is 39.2. The van der Waals surface area contributed by atoms with E-state index in [2.05, 4.69) is 0 Å². The van der Waals surface area contributed by atoms with Gasteiger partial charge < -0.3 is 29.2 Å². The van der Waals surface area contributed by atoms with E-state index in [1.165, 1.54) is 21.0 Å². The van der Waals surface area contributed by atoms with Crippen LogP contribution in [0.1, 0.15) is 61.3 Å². The number of ketones is 2. The minimum absolute atomic E-state index is 0. The fourth-order valence-corrected chi connectivity index (χ4v) is 8.03. The number of ether oxygens (including phenoxy) is 4. The summed E-state index contributed by atoms with van der Waals surface area (Å²) < 4.78 is 23.3. The zero-order valence-corrected chi connectivity index (χ0v) is 28.7. The number of rotatable bonds is 5. The van der Waals surface area contributed by atoms with E-state index < -0.39 is 70.2 Å². The van der Waals surface area contributed by atoms with Crippen molar-refractivity contribution in [1.29, 1.82) is 0 Å². The third-order valence-electron chi connectivity index (χ3n) is 10.5. The number of aliphatic hydroxyl groups is 2. The van der Waals surface area contributed by atoms with Gasteiger partial charge in [0.15, 0.2) is 5.78 Å². The van der Waals surface area contributed by atoms with Gasteiger partial charge in [-0.05, 0) is 44.8 Å². The molecule has 1 aliphatic heterocycles. The molecule has 1 heterocycles. The SMILES string of the molecule is COC1C(=O)[C@]2(C)C(OC)CC3OCC3(O)C2[C@H](C)C2(O)CC(OC(=O)C(C)C(C)=O)C(C)=C1C2(C)C.[Ac]. The Labute approximate surface area is 260 Å². The fraction of sp³-hybridized carbons (Fsp3) is 0.821. The van der Waals surface area contributed by atoms with E-state index in [4.69, 9.17) is 18.9 Å². The molecule has 3 fully saturated rings. The van der Waals surface area contributed by atoms with Crippen LogP contribution in [-0.4, -0.2) is 84.2 Å². The summed E-state index contributed by atoms with van der Waals surface area (Å²) in [6, 6.07) is 0. The maximum absolute atomic E-state index is 14.6. The molecule has 0 amide bonds. The van der Waals surface area contributed by atoms with Crippen LogP contribution in [0.3, 0.4) is 0 Å². The average Bonchev–Trinajstić information content (AvgIpc) is 2.82. The van der Waals surface area contributed by atoms with Crippen molar-refractivity contribution < 1.29 is 87.6 Å². The normalized spacial score (nSPS) is 44.3. The van der Waals surface area contributed by atoms with Crippen molar-refractivity contribution in [3.8, 4) is 0 Å². The van der Waals surface area contributed by atoms with Gasteiger partial charge in [-0.2, -0.15) is 0 Å². The van der Waals surface area contributed by atoms with Crippen LogP contribution in [0.2, 0.25) is 0 Å². The third kappa shape index (κ3) is 4.18. The summed E-state index contributed by atoms with van der Waals surface area (Å²) in [5.74, 6) is -3.55. The van der Waals surface area contributed by atoms with Gasteiger partial charge in [0, 0.05) is 82.5 Å². The predicted molar refractivity (Wildman–Crippen MR) is 132 cm³/mol. The van der Waals surface area contributed by atoms with Crippen molar-refractivity contribution in [2.24, 2.45) is 28.6 Å². The zero-order chi connectivity index (χ0) is 27.9. The Hall–Kier alpha value is -0.208. The van der Waals surface area contributed by atoms with Crippen LogP contribution in [0.15, 0.2) is 11.1 Å². The number of hydrogen-bond donors (Lipinski definition) is 2. The second kappa shape index (κ2) is 10.6. The minimum atomic E-state index is -1.51. The Kier molecular flexibility index (Phi) is 8.98. The monoisotopic (exact) mass is 749 g/mol. The van der Waals surface area contributed by atoms with Crippen molar-refractivity contribution in [3.63, 3.8) is 0 Å². The first kappa shape index (κ1) is 32.3. The molecule has 2 bridgehead atoms. The van der Waals surface area contributed by atoms with Crippen LogP contribution in [0, 0.1) is 72.6 Å². The molecule has 4 rings (SSSR count). The zero-order valence-electron chi connectivity index (χ0n) is 24.0. The van der Waals surface area contributed by atoms with Gasteiger partial charge in [0.2, 0.25) is 0 Å². The van der Waals surface area contributed by atoms with Gasteiger partial charge in [0.05, 0.1) is 29.8 Å². The Balaban J connectivity index is 0.00000400. The third-order valence-corrected chi connectivity index (χ3v) is 10.5. The van der Waals surface area contributed by atoms with E-state index in [0.717, 1.165) is 0 Å². The quantitative estimate of drug-likeness (QED) is 0.247. The van der Waals surface area contributed by atoms with Crippen molar-refractivity contribution in [1.82, 2.24) is 0 Å². The number of carbonyl (C=O) groups is 3. The van der Waals surface area contributed by atoms with E-state index in [-0.39, 0.29) is 68.7 Å². The van der Waals surface area contributed by atoms with E-state index >= 15 is 0 Å². The average molecular weight is 750 g/mol. The molecule has 0 aromatic rings. The largest absolute Gasteiger partial charge is 0.457 e. The molecule has 8 unspecified atom stereocenters. The van der Waals surface area contributed by atoms with Crippen molar-refractivity contribution >= 4 is 17.5 Å². The molecule has 1 saturated heterocycles. The van der Waals surface area contributed by atoms with Gasteiger partial charge in [-0.25, -0.2) is 0 Å². The molecule has 10 heteroatoms. The molecule has 3 aliphatic carbocycles. The van der Waals surface area contributed by atoms with Crippen LogP contribution in [0.4, 0.5) is 0 Å². The Morgan fingerprint density at radius 1 is 1.13 bits per heavy atom. The van der Waals surface area contributed by atoms with E-state index in [9.17, 15) is 24.6 Å². The van der Waals surface area contributed by atoms with E-state index in [1.54, 1.807) is 14.0 Å². The summed E-state index contributed by atoms with van der Waals surface area (Å²) in [7, 11) is 2.99. The van der Waals surface area contributed by atoms with Gasteiger partial charge >= 0.3 is 5.97 Å². The molecule has 4 aliphatic rings. The maximum atomic E-state index is 14.6. The number of carbonyl (C=O) groups excluding carboxylic acids is 3. The Morgan fingerprint density at radius 3 is 2.21 bits per heavy atom. The topological polar surface area (TPSA) is 129 Å². The van der Waals surface area contributed by atoms with Crippen molar-refractivity contribution in [2.45, 2.75) is 96.9 Å². The standard InChI is InChI=1S/C28H42O9.Ac/c1-13(16(4)29)24(31)37-17-11-28(33)15(3)22-26(7,18(34-8)10-19-27(22,32)12-36-19)23(30)21(35-9)20(14(17)2)25(28,5)6;/h13,15,17-19,21-22,32-33H,10-12H2,1-9H3;/t13?,15-,17?,18?,19?,21?,22?,26+,27?,28?;/m0./s1. The van der Waals surface area contributed by atoms with Crippen LogP contribution in [0.5, 0.6) is 0 Å². The molecule has 211 valence electrons. The second-order valence-corrected chi connectivity index (χ2v) is 12.4. The van der Waals surface area contributed by atoms with Crippen LogP contribution >= 0.6 is 0 Å². The Morgan fingerprint density at radius 2 is 1.74 bits per heavy atom. The fourth-order valence-electron chi connectivity index (χ4n) is 8.03. The summed E-state index contributed by atoms with van der Waals surface area (Å²) in [5, 5.41) is 24.6. The molecule has 0 aromatic heterocycles. The molecule has 9 nitrogen and oxygen atoms in total. The maximum Gasteiger partial charge on any atom is 0.316 e. The van der Waals surface area contributed by atoms with Gasteiger partial charge in [-0.3, -0.25) is 14.4 Å². The number of methoxy groups -OCH3 is 2. The minimum Gasteiger partial charge on any atom is -0.457 e. The van der Waals surface area contributed by atoms with Crippen LogP contribution < -0.4 is 0 Å². The molecular weight excluding hydrogens is 707 g/mol. The molecule has 0 aromatic carbocycles. The first-order valence-corrected chi connectivity index (χ1v) is 13.1. The first-order chi connectivity index (χ1) is 17.0. The second-order valence-electron chi connectivity index (χ2n) is 12.4. The summed E-state index contributed by atoms with van der Waals surface area (Å²) >= 11 is 0. The smallest absolute Gasteiger partial charge is 0.316 e. The predicted octanol–water partition coefficient (Wildman–Crippen LogP) is 2.01. The molecule has 2 N–H and O–H groups in total. The number of esters is 1. The molecule has 0 spiro atoms. The summed E-state index contributed by atoms with van der Waals surface area (Å²) in [6.45, 7) is 12.1. The van der Waals surface area contributed by atoms with Gasteiger partial charge in [0.25, 0.3) is 0 Å². The van der Waals surface area contributed by atoms with Gasteiger partial charge in [0.1, 0.15) is 29.5 Å². The molecular formula is C28H42AcO9. The summed E-state index contributed by atoms with van der Waals surface area (Å²) in [5.41, 5.74) is -3.83.